The minimum absolute atomic E-state index is 0.0892. The fourth-order valence-electron chi connectivity index (χ4n) is 1.89. The van der Waals surface area contributed by atoms with E-state index in [0.717, 1.165) is 23.1 Å². The summed E-state index contributed by atoms with van der Waals surface area (Å²) in [4.78, 5) is 13.8. The van der Waals surface area contributed by atoms with Crippen LogP contribution in [0.15, 0.2) is 22.7 Å². The van der Waals surface area contributed by atoms with E-state index < -0.39 is 0 Å². The summed E-state index contributed by atoms with van der Waals surface area (Å²) in [6.07, 6.45) is 0.906. The zero-order valence-electron chi connectivity index (χ0n) is 9.15. The van der Waals surface area contributed by atoms with E-state index in [9.17, 15) is 4.79 Å². The van der Waals surface area contributed by atoms with Crippen LogP contribution in [-0.4, -0.2) is 24.0 Å². The Bertz CT molecular complexity index is 484. The van der Waals surface area contributed by atoms with Crippen LogP contribution in [0.3, 0.4) is 0 Å². The lowest BCUT2D eigenvalue weighted by atomic mass is 10.2. The van der Waals surface area contributed by atoms with Crippen LogP contribution >= 0.6 is 27.7 Å². The second kappa shape index (κ2) is 5.56. The molecule has 0 spiro atoms. The van der Waals surface area contributed by atoms with Crippen molar-refractivity contribution in [1.82, 2.24) is 0 Å². The average molecular weight is 311 g/mol. The highest BCUT2D eigenvalue weighted by molar-refractivity contribution is 9.10. The third kappa shape index (κ3) is 2.82. The van der Waals surface area contributed by atoms with Crippen LogP contribution in [0, 0.1) is 11.3 Å². The van der Waals surface area contributed by atoms with E-state index in [4.69, 9.17) is 5.26 Å². The molecule has 0 aromatic heterocycles. The first-order valence-corrected chi connectivity index (χ1v) is 7.20. The van der Waals surface area contributed by atoms with Crippen LogP contribution in [0.25, 0.3) is 0 Å². The highest BCUT2D eigenvalue weighted by Gasteiger charge is 2.24. The monoisotopic (exact) mass is 310 g/mol. The maximum atomic E-state index is 12.0. The Labute approximate surface area is 113 Å². The number of nitrogens with zero attached hydrogens (tertiary/aromatic N) is 2. The van der Waals surface area contributed by atoms with E-state index in [2.05, 4.69) is 22.0 Å². The first-order valence-electron chi connectivity index (χ1n) is 5.26. The third-order valence-electron chi connectivity index (χ3n) is 2.63. The number of anilines is 1. The Morgan fingerprint density at radius 1 is 1.59 bits per heavy atom. The summed E-state index contributed by atoms with van der Waals surface area (Å²) in [5, 5.41) is 8.43. The molecule has 0 N–H and O–H groups in total. The fraction of sp³-hybridized carbons (Fsp3) is 0.333. The first-order chi connectivity index (χ1) is 8.22. The summed E-state index contributed by atoms with van der Waals surface area (Å²) >= 11 is 4.79. The molecule has 1 heterocycles. The molecule has 0 saturated carbocycles. The Morgan fingerprint density at radius 3 is 3.18 bits per heavy atom. The van der Waals surface area contributed by atoms with Crippen molar-refractivity contribution in [3.8, 4) is 6.07 Å². The van der Waals surface area contributed by atoms with Crippen LogP contribution in [0.2, 0.25) is 0 Å². The van der Waals surface area contributed by atoms with Crippen molar-refractivity contribution in [1.29, 1.82) is 5.26 Å². The van der Waals surface area contributed by atoms with E-state index in [1.54, 1.807) is 0 Å². The normalized spacial score (nSPS) is 13.3. The molecule has 0 unspecified atom stereocenters. The van der Waals surface area contributed by atoms with E-state index in [1.165, 1.54) is 17.3 Å². The topological polar surface area (TPSA) is 44.1 Å². The van der Waals surface area contributed by atoms with Crippen molar-refractivity contribution in [2.75, 3.05) is 23.0 Å². The lowest BCUT2D eigenvalue weighted by molar-refractivity contribution is -0.116. The summed E-state index contributed by atoms with van der Waals surface area (Å²) in [6.45, 7) is 0.748. The molecule has 0 bridgehead atoms. The van der Waals surface area contributed by atoms with Crippen LogP contribution in [0.4, 0.5) is 5.69 Å². The van der Waals surface area contributed by atoms with Gasteiger partial charge in [-0.1, -0.05) is 15.9 Å². The lowest BCUT2D eigenvalue weighted by Crippen LogP contribution is -2.30. The van der Waals surface area contributed by atoms with Gasteiger partial charge in [-0.15, -0.1) is 11.8 Å². The zero-order valence-corrected chi connectivity index (χ0v) is 11.6. The molecule has 1 aromatic carbocycles. The van der Waals surface area contributed by atoms with Crippen molar-refractivity contribution >= 4 is 39.3 Å². The predicted molar refractivity (Wildman–Crippen MR) is 73.1 cm³/mol. The molecule has 0 saturated heterocycles. The lowest BCUT2D eigenvalue weighted by Gasteiger charge is -2.16. The molecule has 0 fully saturated rings. The van der Waals surface area contributed by atoms with Gasteiger partial charge in [-0.05, 0) is 30.2 Å². The van der Waals surface area contributed by atoms with Gasteiger partial charge >= 0.3 is 0 Å². The molecule has 2 rings (SSSR count). The van der Waals surface area contributed by atoms with Gasteiger partial charge in [0, 0.05) is 16.7 Å². The van der Waals surface area contributed by atoms with Gasteiger partial charge in [0.05, 0.1) is 17.6 Å². The van der Waals surface area contributed by atoms with Gasteiger partial charge in [0.25, 0.3) is 0 Å². The number of fused-ring (bicyclic) bond motifs is 1. The summed E-state index contributed by atoms with van der Waals surface area (Å²) in [5.74, 6) is 0.835. The van der Waals surface area contributed by atoms with Crippen molar-refractivity contribution in [2.24, 2.45) is 0 Å². The molecule has 0 radical (unpaired) electrons. The van der Waals surface area contributed by atoms with Gasteiger partial charge in [0.1, 0.15) is 0 Å². The highest BCUT2D eigenvalue weighted by Crippen LogP contribution is 2.30. The summed E-state index contributed by atoms with van der Waals surface area (Å²) in [7, 11) is 0. The number of carbonyl (C=O) groups excluding carboxylic acids is 1. The largest absolute Gasteiger partial charge is 0.311 e. The molecule has 1 aromatic rings. The molecule has 0 atom stereocenters. The minimum atomic E-state index is 0.0892. The van der Waals surface area contributed by atoms with Crippen molar-refractivity contribution < 1.29 is 4.79 Å². The second-order valence-electron chi connectivity index (χ2n) is 3.72. The van der Waals surface area contributed by atoms with E-state index >= 15 is 0 Å². The zero-order chi connectivity index (χ0) is 12.3. The fourth-order valence-corrected chi connectivity index (χ4v) is 2.82. The minimum Gasteiger partial charge on any atom is -0.311 e. The number of benzene rings is 1. The standard InChI is InChI=1S/C12H11BrN2OS/c13-10-1-2-11-9(7-10)3-5-15(11)12(16)8-17-6-4-14/h1-2,7H,3,5-6,8H2. The van der Waals surface area contributed by atoms with Crippen LogP contribution in [0.1, 0.15) is 5.56 Å². The summed E-state index contributed by atoms with van der Waals surface area (Å²) < 4.78 is 1.05. The molecule has 3 nitrogen and oxygen atoms in total. The number of thioether (sulfide) groups is 1. The van der Waals surface area contributed by atoms with Gasteiger partial charge in [0.2, 0.25) is 5.91 Å². The molecule has 88 valence electrons. The SMILES string of the molecule is N#CCSCC(=O)N1CCc2cc(Br)ccc21. The number of carbonyl (C=O) groups is 1. The van der Waals surface area contributed by atoms with E-state index in [0.29, 0.717) is 11.5 Å². The van der Waals surface area contributed by atoms with Crippen molar-refractivity contribution in [2.45, 2.75) is 6.42 Å². The van der Waals surface area contributed by atoms with Crippen LogP contribution in [0.5, 0.6) is 0 Å². The van der Waals surface area contributed by atoms with Gasteiger partial charge in [-0.3, -0.25) is 4.79 Å². The average Bonchev–Trinajstić information content (AvgIpc) is 2.72. The van der Waals surface area contributed by atoms with Gasteiger partial charge in [-0.2, -0.15) is 5.26 Å². The van der Waals surface area contributed by atoms with Crippen molar-refractivity contribution in [3.05, 3.63) is 28.2 Å². The maximum Gasteiger partial charge on any atom is 0.237 e. The summed E-state index contributed by atoms with van der Waals surface area (Å²) in [6, 6.07) is 8.01. The van der Waals surface area contributed by atoms with Crippen LogP contribution < -0.4 is 4.90 Å². The van der Waals surface area contributed by atoms with Gasteiger partial charge in [0.15, 0.2) is 0 Å². The predicted octanol–water partition coefficient (Wildman–Crippen LogP) is 2.59. The Balaban J connectivity index is 2.06. The molecule has 17 heavy (non-hydrogen) atoms. The first kappa shape index (κ1) is 12.5. The molecule has 0 aliphatic carbocycles. The molecule has 1 aliphatic heterocycles. The third-order valence-corrected chi connectivity index (χ3v) is 3.91. The van der Waals surface area contributed by atoms with Crippen molar-refractivity contribution in [3.63, 3.8) is 0 Å². The Hall–Kier alpha value is -0.990. The Morgan fingerprint density at radius 2 is 2.41 bits per heavy atom. The van der Waals surface area contributed by atoms with Crippen LogP contribution in [-0.2, 0) is 11.2 Å². The maximum absolute atomic E-state index is 12.0. The van der Waals surface area contributed by atoms with E-state index in [-0.39, 0.29) is 5.91 Å². The molecule has 5 heteroatoms. The number of hydrogen-bond donors (Lipinski definition) is 0. The van der Waals surface area contributed by atoms with E-state index in [1.807, 2.05) is 23.1 Å². The number of rotatable bonds is 3. The summed E-state index contributed by atoms with van der Waals surface area (Å²) in [5.41, 5.74) is 2.22. The Kier molecular flexibility index (Phi) is 4.08. The second-order valence-corrected chi connectivity index (χ2v) is 5.62. The van der Waals surface area contributed by atoms with Gasteiger partial charge in [-0.25, -0.2) is 0 Å². The molecule has 1 aliphatic rings. The number of amides is 1. The van der Waals surface area contributed by atoms with Gasteiger partial charge < -0.3 is 4.90 Å². The smallest absolute Gasteiger partial charge is 0.237 e. The molecular formula is C12H11BrN2OS. The molecule has 1 amide bonds. The highest BCUT2D eigenvalue weighted by atomic mass is 79.9. The number of hydrogen-bond acceptors (Lipinski definition) is 3. The number of halogens is 1. The number of nitriles is 1. The molecular weight excluding hydrogens is 300 g/mol. The quantitative estimate of drug-likeness (QED) is 0.806.